The third kappa shape index (κ3) is 3.91. The van der Waals surface area contributed by atoms with Crippen LogP contribution in [0.2, 0.25) is 0 Å². The summed E-state index contributed by atoms with van der Waals surface area (Å²) < 4.78 is 10.8. The fourth-order valence-corrected chi connectivity index (χ4v) is 4.01. The minimum atomic E-state index is -0.549. The monoisotopic (exact) mass is 389 g/mol. The quantitative estimate of drug-likeness (QED) is 0.790. The summed E-state index contributed by atoms with van der Waals surface area (Å²) in [7, 11) is 3.23. The summed E-state index contributed by atoms with van der Waals surface area (Å²) in [5.74, 6) is 0.683. The van der Waals surface area contributed by atoms with Gasteiger partial charge in [0.05, 0.1) is 25.8 Å². The number of ether oxygens (including phenoxy) is 2. The average molecular weight is 389 g/mol. The van der Waals surface area contributed by atoms with Gasteiger partial charge in [-0.15, -0.1) is 11.3 Å². The fraction of sp³-hybridized carbons (Fsp3) is 0.368. The largest absolute Gasteiger partial charge is 0.493 e. The summed E-state index contributed by atoms with van der Waals surface area (Å²) in [6.45, 7) is 3.25. The van der Waals surface area contributed by atoms with Crippen LogP contribution >= 0.6 is 11.3 Å². The maximum Gasteiger partial charge on any atom is 0.251 e. The number of primary amides is 1. The highest BCUT2D eigenvalue weighted by Crippen LogP contribution is 2.33. The van der Waals surface area contributed by atoms with Crippen LogP contribution in [-0.4, -0.2) is 43.5 Å². The van der Waals surface area contributed by atoms with Gasteiger partial charge in [-0.05, 0) is 48.1 Å². The molecule has 0 aliphatic carbocycles. The first-order valence-corrected chi connectivity index (χ1v) is 9.48. The number of fused-ring (bicyclic) bond motifs is 1. The first-order valence-electron chi connectivity index (χ1n) is 8.60. The normalized spacial score (nSPS) is 14.9. The highest BCUT2D eigenvalue weighted by molar-refractivity contribution is 7.14. The van der Waals surface area contributed by atoms with E-state index in [4.69, 9.17) is 15.2 Å². The van der Waals surface area contributed by atoms with E-state index in [0.29, 0.717) is 28.6 Å². The molecular weight excluding hydrogens is 366 g/mol. The predicted molar refractivity (Wildman–Crippen MR) is 105 cm³/mol. The van der Waals surface area contributed by atoms with Crippen molar-refractivity contribution >= 4 is 28.2 Å². The number of nitrogens with two attached hydrogens (primary N) is 1. The highest BCUT2D eigenvalue weighted by atomic mass is 32.1. The number of amides is 2. The van der Waals surface area contributed by atoms with Gasteiger partial charge in [0.25, 0.3) is 5.91 Å². The molecule has 1 aliphatic rings. The number of benzene rings is 1. The molecule has 0 fully saturated rings. The molecule has 7 nitrogen and oxygen atoms in total. The summed E-state index contributed by atoms with van der Waals surface area (Å²) in [6.07, 6.45) is 0.818. The molecular formula is C19H23N3O4S. The number of hydrogen-bond acceptors (Lipinski definition) is 6. The van der Waals surface area contributed by atoms with Crippen LogP contribution in [0.4, 0.5) is 5.00 Å². The zero-order chi connectivity index (χ0) is 19.6. The van der Waals surface area contributed by atoms with Gasteiger partial charge in [-0.25, -0.2) is 0 Å². The number of anilines is 1. The number of thiophene rings is 1. The second-order valence-electron chi connectivity index (χ2n) is 6.39. The van der Waals surface area contributed by atoms with Crippen molar-refractivity contribution < 1.29 is 19.1 Å². The van der Waals surface area contributed by atoms with Crippen molar-refractivity contribution in [2.45, 2.75) is 25.9 Å². The molecule has 2 heterocycles. The molecule has 8 heteroatoms. The van der Waals surface area contributed by atoms with E-state index in [1.54, 1.807) is 25.7 Å². The summed E-state index contributed by atoms with van der Waals surface area (Å²) in [5.41, 5.74) is 7.99. The summed E-state index contributed by atoms with van der Waals surface area (Å²) in [5, 5.41) is 5.05. The molecule has 2 aromatic rings. The summed E-state index contributed by atoms with van der Waals surface area (Å²) >= 11 is 1.29. The Morgan fingerprint density at radius 3 is 2.52 bits per heavy atom. The Morgan fingerprint density at radius 2 is 1.89 bits per heavy atom. The number of methoxy groups -OCH3 is 2. The second-order valence-corrected chi connectivity index (χ2v) is 7.31. The van der Waals surface area contributed by atoms with E-state index in [0.717, 1.165) is 18.5 Å². The second kappa shape index (κ2) is 7.98. The van der Waals surface area contributed by atoms with Gasteiger partial charge in [0.15, 0.2) is 11.5 Å². The maximum atomic E-state index is 12.7. The lowest BCUT2D eigenvalue weighted by Crippen LogP contribution is -2.44. The third-order valence-corrected chi connectivity index (χ3v) is 5.67. The molecule has 0 bridgehead atoms. The number of rotatable bonds is 6. The lowest BCUT2D eigenvalue weighted by Gasteiger charge is -2.33. The van der Waals surface area contributed by atoms with Gasteiger partial charge < -0.3 is 20.5 Å². The first kappa shape index (κ1) is 19.2. The zero-order valence-corrected chi connectivity index (χ0v) is 16.4. The Bertz CT molecular complexity index is 865. The smallest absolute Gasteiger partial charge is 0.251 e. The maximum absolute atomic E-state index is 12.7. The van der Waals surface area contributed by atoms with Crippen molar-refractivity contribution in [1.29, 1.82) is 0 Å². The van der Waals surface area contributed by atoms with E-state index >= 15 is 0 Å². The van der Waals surface area contributed by atoms with Crippen molar-refractivity contribution in [2.24, 2.45) is 5.73 Å². The third-order valence-electron chi connectivity index (χ3n) is 4.84. The molecule has 1 aromatic heterocycles. The van der Waals surface area contributed by atoms with Gasteiger partial charge in [0, 0.05) is 13.1 Å². The average Bonchev–Trinajstić information content (AvgIpc) is 3.14. The lowest BCUT2D eigenvalue weighted by atomic mass is 9.97. The van der Waals surface area contributed by atoms with Crippen LogP contribution in [0.3, 0.4) is 0 Å². The highest BCUT2D eigenvalue weighted by Gasteiger charge is 2.27. The van der Waals surface area contributed by atoms with E-state index in [9.17, 15) is 9.59 Å². The Kier molecular flexibility index (Phi) is 5.67. The van der Waals surface area contributed by atoms with Crippen LogP contribution in [0.25, 0.3) is 0 Å². The lowest BCUT2D eigenvalue weighted by molar-refractivity contribution is -0.121. The van der Waals surface area contributed by atoms with E-state index < -0.39 is 5.91 Å². The zero-order valence-electron chi connectivity index (χ0n) is 15.6. The van der Waals surface area contributed by atoms with Crippen LogP contribution in [0.5, 0.6) is 11.5 Å². The topological polar surface area (TPSA) is 93.9 Å². The van der Waals surface area contributed by atoms with Crippen molar-refractivity contribution in [1.82, 2.24) is 4.90 Å². The van der Waals surface area contributed by atoms with Crippen LogP contribution in [0, 0.1) is 0 Å². The van der Waals surface area contributed by atoms with Crippen molar-refractivity contribution in [2.75, 3.05) is 26.1 Å². The Labute approximate surface area is 162 Å². The van der Waals surface area contributed by atoms with E-state index in [-0.39, 0.29) is 11.9 Å². The number of nitrogens with zero attached hydrogens (tertiary/aromatic N) is 1. The number of nitrogens with one attached hydrogen (secondary N) is 1. The van der Waals surface area contributed by atoms with Crippen LogP contribution in [0.1, 0.15) is 28.4 Å². The van der Waals surface area contributed by atoms with Gasteiger partial charge in [-0.1, -0.05) is 0 Å². The van der Waals surface area contributed by atoms with Gasteiger partial charge in [-0.3, -0.25) is 14.5 Å². The molecule has 0 saturated carbocycles. The molecule has 3 rings (SSSR count). The molecule has 3 N–H and O–H groups in total. The van der Waals surface area contributed by atoms with Gasteiger partial charge in [0.1, 0.15) is 5.00 Å². The van der Waals surface area contributed by atoms with Gasteiger partial charge in [-0.2, -0.15) is 0 Å². The van der Waals surface area contributed by atoms with Crippen LogP contribution in [0.15, 0.2) is 23.6 Å². The predicted octanol–water partition coefficient (Wildman–Crippen LogP) is 2.25. The summed E-state index contributed by atoms with van der Waals surface area (Å²) in [6, 6.07) is 5.23. The van der Waals surface area contributed by atoms with Gasteiger partial charge >= 0.3 is 0 Å². The Hall–Kier alpha value is -2.58. The molecule has 0 radical (unpaired) electrons. The van der Waals surface area contributed by atoms with Crippen molar-refractivity contribution in [3.8, 4) is 11.5 Å². The molecule has 144 valence electrons. The first-order chi connectivity index (χ1) is 12.9. The number of carbonyl (C=O) groups excluding carboxylic acids is 2. The molecule has 0 spiro atoms. The van der Waals surface area contributed by atoms with E-state index in [1.807, 2.05) is 19.1 Å². The van der Waals surface area contributed by atoms with Crippen LogP contribution < -0.4 is 20.5 Å². The van der Waals surface area contributed by atoms with E-state index in [1.165, 1.54) is 16.9 Å². The minimum Gasteiger partial charge on any atom is -0.493 e. The molecule has 27 heavy (non-hydrogen) atoms. The molecule has 1 aliphatic heterocycles. The number of carbonyl (C=O) groups is 2. The summed E-state index contributed by atoms with van der Waals surface area (Å²) in [4.78, 5) is 26.2. The molecule has 2 amide bonds. The molecule has 1 atom stereocenters. The van der Waals surface area contributed by atoms with Crippen molar-refractivity contribution in [3.05, 3.63) is 40.3 Å². The fourth-order valence-electron chi connectivity index (χ4n) is 3.22. The number of hydrogen-bond donors (Lipinski definition) is 2. The van der Waals surface area contributed by atoms with Crippen LogP contribution in [-0.2, 0) is 17.8 Å². The van der Waals surface area contributed by atoms with Gasteiger partial charge in [0.2, 0.25) is 5.91 Å². The van der Waals surface area contributed by atoms with Crippen molar-refractivity contribution in [3.63, 3.8) is 0 Å². The standard InChI is InChI=1S/C19H23N3O4S/c1-11(18(24)21-19-14(17(20)23)5-7-27-19)22-6-4-12-8-15(25-2)16(26-3)9-13(12)10-22/h5,7-9,11H,4,6,10H2,1-3H3,(H2,20,23)(H,21,24)/t11-/m1/s1. The minimum absolute atomic E-state index is 0.163. The molecule has 0 saturated heterocycles. The molecule has 0 unspecified atom stereocenters. The Balaban J connectivity index is 1.73. The van der Waals surface area contributed by atoms with E-state index in [2.05, 4.69) is 10.2 Å². The molecule has 1 aromatic carbocycles. The SMILES string of the molecule is COc1cc2c(cc1OC)CN([C@H](C)C(=O)Nc1sccc1C(N)=O)CC2. The Morgan fingerprint density at radius 1 is 1.22 bits per heavy atom.